The molecular weight excluding hydrogens is 200 g/mol. The Kier molecular flexibility index (Phi) is 4.96. The highest BCUT2D eigenvalue weighted by Crippen LogP contribution is 2.14. The van der Waals surface area contributed by atoms with Gasteiger partial charge in [-0.25, -0.2) is 0 Å². The van der Waals surface area contributed by atoms with Gasteiger partial charge in [-0.15, -0.1) is 0 Å². The predicted octanol–water partition coefficient (Wildman–Crippen LogP) is 2.09. The second-order valence-corrected chi connectivity index (χ2v) is 4.19. The van der Waals surface area contributed by atoms with Gasteiger partial charge in [-0.05, 0) is 24.0 Å². The first kappa shape index (κ1) is 12.7. The Hall–Kier alpha value is -1.38. The first-order chi connectivity index (χ1) is 7.65. The smallest absolute Gasteiger partial charge is 0.221 e. The summed E-state index contributed by atoms with van der Waals surface area (Å²) in [4.78, 5) is 15.1. The molecule has 0 unspecified atom stereocenters. The maximum atomic E-state index is 10.7. The van der Waals surface area contributed by atoms with E-state index >= 15 is 0 Å². The van der Waals surface area contributed by atoms with E-state index in [-0.39, 0.29) is 12.3 Å². The van der Waals surface area contributed by atoms with Gasteiger partial charge in [0.1, 0.15) is 0 Å². The molecule has 0 aliphatic heterocycles. The zero-order chi connectivity index (χ0) is 12.0. The molecule has 0 radical (unpaired) electrons. The van der Waals surface area contributed by atoms with E-state index in [1.165, 1.54) is 12.8 Å². The lowest BCUT2D eigenvalue weighted by molar-refractivity contribution is -0.117. The van der Waals surface area contributed by atoms with Gasteiger partial charge in [-0.2, -0.15) is 0 Å². The van der Waals surface area contributed by atoms with Crippen LogP contribution in [0.2, 0.25) is 0 Å². The van der Waals surface area contributed by atoms with Gasteiger partial charge in [-0.1, -0.05) is 32.8 Å². The van der Waals surface area contributed by atoms with E-state index in [2.05, 4.69) is 18.8 Å². The Morgan fingerprint density at radius 2 is 2.06 bits per heavy atom. The van der Waals surface area contributed by atoms with Crippen molar-refractivity contribution in [3.05, 3.63) is 29.6 Å². The molecule has 1 amide bonds. The van der Waals surface area contributed by atoms with Crippen LogP contribution in [0.3, 0.4) is 0 Å². The van der Waals surface area contributed by atoms with Gasteiger partial charge >= 0.3 is 0 Å². The zero-order valence-electron chi connectivity index (χ0n) is 10.1. The normalized spacial score (nSPS) is 10.7. The second kappa shape index (κ2) is 6.26. The van der Waals surface area contributed by atoms with Crippen LogP contribution in [0, 0.1) is 5.92 Å². The van der Waals surface area contributed by atoms with Gasteiger partial charge in [0.15, 0.2) is 0 Å². The van der Waals surface area contributed by atoms with Gasteiger partial charge in [0.2, 0.25) is 5.91 Å². The monoisotopic (exact) mass is 220 g/mol. The number of hydrogen-bond donors (Lipinski definition) is 1. The van der Waals surface area contributed by atoms with Crippen LogP contribution in [0.1, 0.15) is 37.9 Å². The lowest BCUT2D eigenvalue weighted by Gasteiger charge is -2.11. The minimum absolute atomic E-state index is 0.276. The zero-order valence-corrected chi connectivity index (χ0v) is 10.1. The van der Waals surface area contributed by atoms with Crippen LogP contribution in [0.4, 0.5) is 0 Å². The molecule has 0 aliphatic rings. The summed E-state index contributed by atoms with van der Waals surface area (Å²) in [6.45, 7) is 4.41. The second-order valence-electron chi connectivity index (χ2n) is 4.19. The van der Waals surface area contributed by atoms with Crippen molar-refractivity contribution in [3.8, 4) is 0 Å². The van der Waals surface area contributed by atoms with Crippen LogP contribution in [0.25, 0.3) is 0 Å². The van der Waals surface area contributed by atoms with Gasteiger partial charge < -0.3 is 5.73 Å². The number of pyridine rings is 1. The summed E-state index contributed by atoms with van der Waals surface area (Å²) in [5.74, 6) is 0.393. The van der Waals surface area contributed by atoms with Crippen LogP contribution < -0.4 is 5.73 Å². The number of nitrogens with two attached hydrogens (primary N) is 1. The maximum Gasteiger partial charge on any atom is 0.221 e. The molecule has 0 fully saturated rings. The van der Waals surface area contributed by atoms with E-state index in [1.807, 2.05) is 12.1 Å². The fraction of sp³-hybridized carbons (Fsp3) is 0.538. The maximum absolute atomic E-state index is 10.7. The van der Waals surface area contributed by atoms with E-state index in [4.69, 9.17) is 5.73 Å². The quantitative estimate of drug-likeness (QED) is 0.798. The van der Waals surface area contributed by atoms with Crippen LogP contribution in [0.15, 0.2) is 18.3 Å². The average molecular weight is 220 g/mol. The third-order valence-electron chi connectivity index (χ3n) is 2.92. The van der Waals surface area contributed by atoms with Crippen LogP contribution >= 0.6 is 0 Å². The van der Waals surface area contributed by atoms with Crippen molar-refractivity contribution in [1.29, 1.82) is 0 Å². The molecule has 0 spiro atoms. The van der Waals surface area contributed by atoms with Crippen molar-refractivity contribution in [2.75, 3.05) is 0 Å². The molecule has 16 heavy (non-hydrogen) atoms. The van der Waals surface area contributed by atoms with E-state index < -0.39 is 0 Å². The van der Waals surface area contributed by atoms with E-state index in [1.54, 1.807) is 6.20 Å². The van der Waals surface area contributed by atoms with Crippen LogP contribution in [-0.2, 0) is 17.6 Å². The van der Waals surface area contributed by atoms with Crippen molar-refractivity contribution in [1.82, 2.24) is 4.98 Å². The number of aromatic nitrogens is 1. The molecule has 3 nitrogen and oxygen atoms in total. The number of carbonyl (C=O) groups excluding carboxylic acids is 1. The summed E-state index contributed by atoms with van der Waals surface area (Å²) in [6.07, 6.45) is 5.41. The Morgan fingerprint density at radius 3 is 2.50 bits per heavy atom. The lowest BCUT2D eigenvalue weighted by Crippen LogP contribution is -2.14. The van der Waals surface area contributed by atoms with Crippen LogP contribution in [-0.4, -0.2) is 10.9 Å². The fourth-order valence-electron chi connectivity index (χ4n) is 1.75. The van der Waals surface area contributed by atoms with E-state index in [9.17, 15) is 4.79 Å². The van der Waals surface area contributed by atoms with E-state index in [0.717, 1.165) is 17.7 Å². The molecule has 3 heteroatoms. The number of carbonyl (C=O) groups is 1. The molecule has 0 atom stereocenters. The van der Waals surface area contributed by atoms with Crippen molar-refractivity contribution < 1.29 is 4.79 Å². The topological polar surface area (TPSA) is 56.0 Å². The molecule has 1 rings (SSSR count). The van der Waals surface area contributed by atoms with E-state index in [0.29, 0.717) is 5.92 Å². The van der Waals surface area contributed by atoms with Crippen LogP contribution in [0.5, 0.6) is 0 Å². The molecule has 0 aromatic carbocycles. The first-order valence-corrected chi connectivity index (χ1v) is 5.87. The summed E-state index contributed by atoms with van der Waals surface area (Å²) in [5, 5.41) is 0. The summed E-state index contributed by atoms with van der Waals surface area (Å²) in [6, 6.07) is 3.94. The number of hydrogen-bond acceptors (Lipinski definition) is 2. The number of primary amides is 1. The Bertz CT molecular complexity index is 328. The Labute approximate surface area is 97.1 Å². The highest BCUT2D eigenvalue weighted by atomic mass is 16.1. The largest absolute Gasteiger partial charge is 0.369 e. The minimum atomic E-state index is -0.311. The first-order valence-electron chi connectivity index (χ1n) is 5.87. The Morgan fingerprint density at radius 1 is 1.38 bits per heavy atom. The molecule has 2 N–H and O–H groups in total. The summed E-state index contributed by atoms with van der Waals surface area (Å²) >= 11 is 0. The number of nitrogens with zero attached hydrogens (tertiary/aromatic N) is 1. The third-order valence-corrected chi connectivity index (χ3v) is 2.92. The average Bonchev–Trinajstić information content (AvgIpc) is 2.27. The standard InChI is InChI=1S/C13H20N2O/c1-3-10(4-2)7-12-6-5-11(9-15-12)8-13(14)16/h5-6,9-10H,3-4,7-8H2,1-2H3,(H2,14,16). The molecule has 0 aliphatic carbocycles. The molecule has 0 saturated heterocycles. The van der Waals surface area contributed by atoms with Gasteiger partial charge in [-0.3, -0.25) is 9.78 Å². The summed E-state index contributed by atoms with van der Waals surface area (Å²) < 4.78 is 0. The predicted molar refractivity (Wildman–Crippen MR) is 64.9 cm³/mol. The summed E-state index contributed by atoms with van der Waals surface area (Å²) in [7, 11) is 0. The van der Waals surface area contributed by atoms with Gasteiger partial charge in [0.25, 0.3) is 0 Å². The highest BCUT2D eigenvalue weighted by molar-refractivity contribution is 5.76. The molecule has 1 heterocycles. The highest BCUT2D eigenvalue weighted by Gasteiger charge is 2.06. The number of rotatable bonds is 6. The van der Waals surface area contributed by atoms with Crippen molar-refractivity contribution in [3.63, 3.8) is 0 Å². The molecule has 0 bridgehead atoms. The third kappa shape index (κ3) is 4.01. The van der Waals surface area contributed by atoms with Crippen molar-refractivity contribution in [2.45, 2.75) is 39.5 Å². The van der Waals surface area contributed by atoms with Crippen molar-refractivity contribution in [2.24, 2.45) is 11.7 Å². The molecule has 1 aromatic heterocycles. The molecule has 1 aromatic rings. The Balaban J connectivity index is 2.60. The van der Waals surface area contributed by atoms with Crippen molar-refractivity contribution >= 4 is 5.91 Å². The van der Waals surface area contributed by atoms with Gasteiger partial charge in [0.05, 0.1) is 6.42 Å². The fourth-order valence-corrected chi connectivity index (χ4v) is 1.75. The van der Waals surface area contributed by atoms with Gasteiger partial charge in [0, 0.05) is 11.9 Å². The molecule has 88 valence electrons. The molecular formula is C13H20N2O. The molecule has 0 saturated carbocycles. The SMILES string of the molecule is CCC(CC)Cc1ccc(CC(N)=O)cn1. The number of amides is 1. The minimum Gasteiger partial charge on any atom is -0.369 e. The summed E-state index contributed by atoms with van der Waals surface area (Å²) in [5.41, 5.74) is 7.11. The lowest BCUT2D eigenvalue weighted by atomic mass is 9.97.